The Bertz CT molecular complexity index is 964. The Labute approximate surface area is 173 Å². The fourth-order valence-electron chi connectivity index (χ4n) is 2.28. The minimum atomic E-state index is -0.352. The van der Waals surface area contributed by atoms with Crippen LogP contribution >= 0.6 is 57.7 Å². The first-order chi connectivity index (χ1) is 11.8. The molecule has 1 aromatic heterocycles. The molecule has 25 heavy (non-hydrogen) atoms. The van der Waals surface area contributed by atoms with Gasteiger partial charge in [-0.3, -0.25) is 10.1 Å². The second kappa shape index (κ2) is 7.53. The lowest BCUT2D eigenvalue weighted by Gasteiger charge is -2.08. The summed E-state index contributed by atoms with van der Waals surface area (Å²) in [5.74, 6) is -0.352. The quantitative estimate of drug-likeness (QED) is 0.370. The lowest BCUT2D eigenvalue weighted by molar-refractivity contribution is 0.0978. The van der Waals surface area contributed by atoms with Crippen LogP contribution in [0.5, 0.6) is 0 Å². The highest BCUT2D eigenvalue weighted by Gasteiger charge is 2.14. The molecule has 1 amide bonds. The van der Waals surface area contributed by atoms with E-state index in [0.29, 0.717) is 15.7 Å². The van der Waals surface area contributed by atoms with Gasteiger partial charge in [-0.25, -0.2) is 4.98 Å². The van der Waals surface area contributed by atoms with Gasteiger partial charge in [0, 0.05) is 3.57 Å². The number of aromatic nitrogens is 1. The van der Waals surface area contributed by atoms with E-state index in [-0.39, 0.29) is 11.0 Å². The molecule has 0 unspecified atom stereocenters. The molecular weight excluding hydrogens is 489 g/mol. The van der Waals surface area contributed by atoms with Crippen molar-refractivity contribution in [2.45, 2.75) is 13.8 Å². The number of carbonyl (C=O) groups excluding carboxylic acids is 1. The predicted octanol–water partition coefficient (Wildman–Crippen LogP) is 5.30. The number of aryl methyl sites for hydroxylation is 2. The summed E-state index contributed by atoms with van der Waals surface area (Å²) in [4.78, 5) is 16.9. The van der Waals surface area contributed by atoms with Crippen LogP contribution in [0, 0.1) is 17.4 Å². The van der Waals surface area contributed by atoms with Crippen LogP contribution in [0.15, 0.2) is 30.3 Å². The highest BCUT2D eigenvalue weighted by atomic mass is 127. The number of anilines is 1. The van der Waals surface area contributed by atoms with Gasteiger partial charge in [0.2, 0.25) is 0 Å². The first kappa shape index (κ1) is 18.5. The van der Waals surface area contributed by atoms with Crippen molar-refractivity contribution < 1.29 is 4.79 Å². The number of rotatable bonds is 2. The largest absolute Gasteiger partial charge is 0.308 e. The number of thiocarbonyl (C=S) groups is 1. The second-order valence-electron chi connectivity index (χ2n) is 5.43. The van der Waals surface area contributed by atoms with Gasteiger partial charge in [-0.2, -0.15) is 0 Å². The number of hydrogen-bond acceptors (Lipinski definition) is 4. The first-order valence-electron chi connectivity index (χ1n) is 7.29. The lowest BCUT2D eigenvalue weighted by Crippen LogP contribution is -2.34. The Morgan fingerprint density at radius 2 is 1.96 bits per heavy atom. The second-order valence-corrected chi connectivity index (χ2v) is 8.49. The number of amides is 1. The smallest absolute Gasteiger partial charge is 0.258 e. The van der Waals surface area contributed by atoms with Crippen LogP contribution in [0.1, 0.15) is 21.5 Å². The maximum Gasteiger partial charge on any atom is 0.258 e. The number of thiazole rings is 1. The van der Waals surface area contributed by atoms with Crippen LogP contribution in [0.2, 0.25) is 5.02 Å². The molecule has 0 atom stereocenters. The Morgan fingerprint density at radius 1 is 1.24 bits per heavy atom. The highest BCUT2D eigenvalue weighted by Crippen LogP contribution is 2.30. The van der Waals surface area contributed by atoms with E-state index in [1.165, 1.54) is 11.3 Å². The summed E-state index contributed by atoms with van der Waals surface area (Å²) in [6.45, 7) is 4.06. The minimum absolute atomic E-state index is 0.189. The summed E-state index contributed by atoms with van der Waals surface area (Å²) in [6, 6.07) is 9.35. The number of carbonyl (C=O) groups is 1. The topological polar surface area (TPSA) is 54.0 Å². The normalized spacial score (nSPS) is 10.7. The van der Waals surface area contributed by atoms with E-state index in [1.54, 1.807) is 12.1 Å². The Kier molecular flexibility index (Phi) is 5.57. The highest BCUT2D eigenvalue weighted by molar-refractivity contribution is 14.1. The van der Waals surface area contributed by atoms with Crippen molar-refractivity contribution in [3.8, 4) is 0 Å². The van der Waals surface area contributed by atoms with Gasteiger partial charge in [-0.1, -0.05) is 35.1 Å². The number of halogens is 2. The number of benzene rings is 2. The van der Waals surface area contributed by atoms with Crippen molar-refractivity contribution >= 4 is 84.1 Å². The fourth-order valence-corrected chi connectivity index (χ4v) is 4.25. The van der Waals surface area contributed by atoms with Gasteiger partial charge in [0.15, 0.2) is 10.2 Å². The monoisotopic (exact) mass is 501 g/mol. The van der Waals surface area contributed by atoms with Gasteiger partial charge in [-0.05, 0) is 78.0 Å². The minimum Gasteiger partial charge on any atom is -0.308 e. The van der Waals surface area contributed by atoms with Crippen molar-refractivity contribution in [2.75, 3.05) is 5.32 Å². The molecule has 8 heteroatoms. The Balaban J connectivity index is 1.76. The molecule has 0 fully saturated rings. The maximum atomic E-state index is 12.4. The molecule has 4 nitrogen and oxygen atoms in total. The van der Waals surface area contributed by atoms with Crippen LogP contribution in [0.3, 0.4) is 0 Å². The zero-order chi connectivity index (χ0) is 18.1. The van der Waals surface area contributed by atoms with E-state index in [4.69, 9.17) is 23.8 Å². The summed E-state index contributed by atoms with van der Waals surface area (Å²) in [7, 11) is 0. The molecule has 1 heterocycles. The van der Waals surface area contributed by atoms with Gasteiger partial charge in [0.1, 0.15) is 0 Å². The van der Waals surface area contributed by atoms with Crippen molar-refractivity contribution in [3.63, 3.8) is 0 Å². The summed E-state index contributed by atoms with van der Waals surface area (Å²) in [5.41, 5.74) is 3.59. The molecule has 128 valence electrons. The molecule has 2 aromatic carbocycles. The van der Waals surface area contributed by atoms with Crippen LogP contribution in [-0.4, -0.2) is 16.0 Å². The van der Waals surface area contributed by atoms with Crippen LogP contribution in [-0.2, 0) is 0 Å². The van der Waals surface area contributed by atoms with E-state index < -0.39 is 0 Å². The first-order valence-corrected chi connectivity index (χ1v) is 9.97. The summed E-state index contributed by atoms with van der Waals surface area (Å²) >= 11 is 15.0. The van der Waals surface area contributed by atoms with Crippen molar-refractivity contribution in [1.82, 2.24) is 10.3 Å². The molecule has 0 aliphatic heterocycles. The molecule has 0 saturated carbocycles. The molecular formula is C17H13ClIN3OS2. The molecule has 0 bridgehead atoms. The van der Waals surface area contributed by atoms with Crippen LogP contribution in [0.25, 0.3) is 10.2 Å². The average molecular weight is 502 g/mol. The number of fused-ring (bicyclic) bond motifs is 1. The third-order valence-corrected chi connectivity index (χ3v) is 5.87. The van der Waals surface area contributed by atoms with Gasteiger partial charge in [0.25, 0.3) is 5.91 Å². The average Bonchev–Trinajstić information content (AvgIpc) is 2.98. The van der Waals surface area contributed by atoms with Gasteiger partial charge in [-0.15, -0.1) is 0 Å². The van der Waals surface area contributed by atoms with E-state index in [0.717, 1.165) is 24.9 Å². The zero-order valence-corrected chi connectivity index (χ0v) is 17.9. The molecule has 0 radical (unpaired) electrons. The molecule has 3 rings (SSSR count). The zero-order valence-electron chi connectivity index (χ0n) is 13.3. The SMILES string of the molecule is Cc1ccc(C)c2sc(NC(=S)NC(=O)c3cc(I)ccc3Cl)nc12. The van der Waals surface area contributed by atoms with E-state index in [9.17, 15) is 4.79 Å². The van der Waals surface area contributed by atoms with E-state index >= 15 is 0 Å². The maximum absolute atomic E-state index is 12.4. The number of nitrogens with one attached hydrogen (secondary N) is 2. The number of nitrogens with zero attached hydrogens (tertiary/aromatic N) is 1. The van der Waals surface area contributed by atoms with E-state index in [2.05, 4.69) is 44.3 Å². The third kappa shape index (κ3) is 4.11. The predicted molar refractivity (Wildman–Crippen MR) is 117 cm³/mol. The summed E-state index contributed by atoms with van der Waals surface area (Å²) < 4.78 is 2.03. The van der Waals surface area contributed by atoms with Crippen molar-refractivity contribution in [2.24, 2.45) is 0 Å². The third-order valence-electron chi connectivity index (χ3n) is 3.56. The standard InChI is InChI=1S/C17H13ClIN3OS2/c1-8-3-4-9(2)14-13(8)20-17(25-14)22-16(24)21-15(23)11-7-10(19)5-6-12(11)18/h3-7H,1-2H3,(H2,20,21,22,23,24). The van der Waals surface area contributed by atoms with E-state index in [1.807, 2.05) is 26.0 Å². The fraction of sp³-hybridized carbons (Fsp3) is 0.118. The number of hydrogen-bond donors (Lipinski definition) is 2. The Hall–Kier alpha value is -1.29. The molecule has 3 aromatic rings. The molecule has 0 saturated heterocycles. The molecule has 2 N–H and O–H groups in total. The van der Waals surface area contributed by atoms with Gasteiger partial charge >= 0.3 is 0 Å². The summed E-state index contributed by atoms with van der Waals surface area (Å²) in [5, 5.41) is 6.84. The van der Waals surface area contributed by atoms with Crippen LogP contribution in [0.4, 0.5) is 5.13 Å². The molecule has 0 aliphatic carbocycles. The molecule has 0 aliphatic rings. The Morgan fingerprint density at radius 3 is 2.68 bits per heavy atom. The van der Waals surface area contributed by atoms with Crippen molar-refractivity contribution in [3.05, 3.63) is 55.6 Å². The van der Waals surface area contributed by atoms with Gasteiger partial charge < -0.3 is 5.32 Å². The molecule has 0 spiro atoms. The van der Waals surface area contributed by atoms with Crippen molar-refractivity contribution in [1.29, 1.82) is 0 Å². The van der Waals surface area contributed by atoms with Gasteiger partial charge in [0.05, 0.1) is 20.8 Å². The lowest BCUT2D eigenvalue weighted by atomic mass is 10.1. The summed E-state index contributed by atoms with van der Waals surface area (Å²) in [6.07, 6.45) is 0. The van der Waals surface area contributed by atoms with Crippen LogP contribution < -0.4 is 10.6 Å².